The monoisotopic (exact) mass is 465 g/mol. The molecule has 0 amide bonds. The maximum absolute atomic E-state index is 2.55. The summed E-state index contributed by atoms with van der Waals surface area (Å²) < 4.78 is 1.51. The normalized spacial score (nSPS) is 11.5. The Hall–Kier alpha value is -0.762. The van der Waals surface area contributed by atoms with E-state index < -0.39 is 0 Å². The summed E-state index contributed by atoms with van der Waals surface area (Å²) >= 11 is 2.75. The zero-order valence-electron chi connectivity index (χ0n) is 11.1. The summed E-state index contributed by atoms with van der Waals surface area (Å²) in [6, 6.07) is 24.5. The Labute approximate surface area is 147 Å². The quantitative estimate of drug-likeness (QED) is 0.156. The van der Waals surface area contributed by atoms with Gasteiger partial charge in [-0.15, -0.1) is 12.4 Å². The summed E-state index contributed by atoms with van der Waals surface area (Å²) in [6.07, 6.45) is 0. The van der Waals surface area contributed by atoms with Crippen molar-refractivity contribution in [2.45, 2.75) is 0 Å². The number of hydrogen-bond donors (Lipinski definition) is 0. The zero-order chi connectivity index (χ0) is 13.5. The molecule has 0 atom stereocenters. The van der Waals surface area contributed by atoms with Crippen LogP contribution in [0.2, 0.25) is 0 Å². The molecule has 0 unspecified atom stereocenters. The molecule has 0 bridgehead atoms. The van der Waals surface area contributed by atoms with Crippen molar-refractivity contribution in [2.24, 2.45) is 0 Å². The maximum atomic E-state index is 2.55. The molecule has 0 fully saturated rings. The van der Waals surface area contributed by atoms with Gasteiger partial charge in [-0.05, 0) is 0 Å². The fourth-order valence-electron chi connectivity index (χ4n) is 2.85. The van der Waals surface area contributed by atoms with Gasteiger partial charge in [0.25, 0.3) is 0 Å². The van der Waals surface area contributed by atoms with E-state index >= 15 is 0 Å². The van der Waals surface area contributed by atoms with Gasteiger partial charge in [0.1, 0.15) is 0 Å². The van der Waals surface area contributed by atoms with E-state index in [-0.39, 0.29) is 24.8 Å². The second kappa shape index (κ2) is 6.16. The van der Waals surface area contributed by atoms with Crippen LogP contribution in [-0.4, -0.2) is 12.4 Å². The van der Waals surface area contributed by atoms with Crippen LogP contribution in [0, 0.1) is 0 Å². The van der Waals surface area contributed by atoms with Gasteiger partial charge >= 0.3 is 136 Å². The molecule has 0 saturated carbocycles. The van der Waals surface area contributed by atoms with Crippen LogP contribution in [0.1, 0.15) is 0 Å². The third-order valence-electron chi connectivity index (χ3n) is 3.80. The second-order valence-electron chi connectivity index (χ2n) is 4.95. The Balaban J connectivity index is 0.00000132. The number of halogens is 2. The van der Waals surface area contributed by atoms with Crippen LogP contribution >= 0.6 is 32.5 Å². The fraction of sp³-hybridized carbons (Fsp3) is 0. The van der Waals surface area contributed by atoms with Crippen molar-refractivity contribution in [3.8, 4) is 0 Å². The SMILES string of the molecule is Cl.I[As]c1cccc2ccc3cc4ccccc4cc3c12. The third kappa shape index (κ3) is 2.56. The van der Waals surface area contributed by atoms with E-state index in [0.717, 1.165) is 0 Å². The molecule has 4 rings (SSSR count). The van der Waals surface area contributed by atoms with Gasteiger partial charge in [0.05, 0.1) is 0 Å². The molecule has 0 aliphatic heterocycles. The molecule has 0 nitrogen and oxygen atoms in total. The first-order valence-electron chi connectivity index (χ1n) is 6.53. The van der Waals surface area contributed by atoms with Crippen molar-refractivity contribution >= 4 is 81.6 Å². The first-order valence-corrected chi connectivity index (χ1v) is 13.2. The van der Waals surface area contributed by atoms with Gasteiger partial charge in [-0.25, -0.2) is 0 Å². The first kappa shape index (κ1) is 15.1. The van der Waals surface area contributed by atoms with E-state index in [1.54, 1.807) is 0 Å². The number of benzene rings is 4. The van der Waals surface area contributed by atoms with Gasteiger partial charge in [0, 0.05) is 0 Å². The first-order chi connectivity index (χ1) is 9.86. The molecule has 3 heteroatoms. The molecule has 0 aliphatic rings. The van der Waals surface area contributed by atoms with Crippen molar-refractivity contribution < 1.29 is 0 Å². The van der Waals surface area contributed by atoms with Crippen LogP contribution in [0.15, 0.2) is 66.7 Å². The zero-order valence-corrected chi connectivity index (χ0v) is 15.9. The van der Waals surface area contributed by atoms with E-state index in [2.05, 4.69) is 86.9 Å². The summed E-state index contributed by atoms with van der Waals surface area (Å²) in [5.41, 5.74) is 0. The van der Waals surface area contributed by atoms with E-state index in [1.165, 1.54) is 36.7 Å². The van der Waals surface area contributed by atoms with Crippen molar-refractivity contribution in [3.05, 3.63) is 66.7 Å². The minimum absolute atomic E-state index is 0. The molecular formula is C18H12AsClI. The van der Waals surface area contributed by atoms with Crippen LogP contribution in [0.3, 0.4) is 0 Å². The standard InChI is InChI=1S/C18H11AsI.ClH/c20-19-17-7-3-6-12-8-9-15-10-13-4-1-2-5-14(13)11-16(15)18(12)17;/h1-11H;1H. The molecule has 4 aromatic carbocycles. The van der Waals surface area contributed by atoms with E-state index in [9.17, 15) is 0 Å². The van der Waals surface area contributed by atoms with Gasteiger partial charge in [0.15, 0.2) is 0 Å². The summed E-state index contributed by atoms with van der Waals surface area (Å²) in [4.78, 5) is 0. The molecule has 0 heterocycles. The van der Waals surface area contributed by atoms with Gasteiger partial charge in [0.2, 0.25) is 0 Å². The average Bonchev–Trinajstić information content (AvgIpc) is 2.52. The molecular weight excluding hydrogens is 453 g/mol. The van der Waals surface area contributed by atoms with Crippen molar-refractivity contribution in [3.63, 3.8) is 0 Å². The molecule has 21 heavy (non-hydrogen) atoms. The van der Waals surface area contributed by atoms with Gasteiger partial charge in [-0.2, -0.15) is 0 Å². The van der Waals surface area contributed by atoms with Gasteiger partial charge < -0.3 is 0 Å². The molecule has 0 spiro atoms. The summed E-state index contributed by atoms with van der Waals surface area (Å²) in [5, 5.41) is 8.19. The molecule has 103 valence electrons. The fourth-order valence-corrected chi connectivity index (χ4v) is 5.94. The number of hydrogen-bond acceptors (Lipinski definition) is 0. The molecule has 4 aromatic rings. The van der Waals surface area contributed by atoms with Crippen molar-refractivity contribution in [1.29, 1.82) is 0 Å². The van der Waals surface area contributed by atoms with E-state index in [4.69, 9.17) is 0 Å². The van der Waals surface area contributed by atoms with Crippen LogP contribution in [0.25, 0.3) is 32.3 Å². The average molecular weight is 466 g/mol. The molecule has 0 aliphatic carbocycles. The predicted octanol–water partition coefficient (Wildman–Crippen LogP) is 5.25. The molecule has 1 radical (unpaired) electrons. The Morgan fingerprint density at radius 1 is 0.667 bits per heavy atom. The number of fused-ring (bicyclic) bond motifs is 4. The van der Waals surface area contributed by atoms with Crippen LogP contribution in [0.4, 0.5) is 0 Å². The summed E-state index contributed by atoms with van der Waals surface area (Å²) in [6.45, 7) is 0. The van der Waals surface area contributed by atoms with Gasteiger partial charge in [-0.3, -0.25) is 0 Å². The topological polar surface area (TPSA) is 0 Å². The van der Waals surface area contributed by atoms with Crippen molar-refractivity contribution in [1.82, 2.24) is 0 Å². The van der Waals surface area contributed by atoms with E-state index in [1.807, 2.05) is 0 Å². The number of rotatable bonds is 1. The molecule has 0 aromatic heterocycles. The van der Waals surface area contributed by atoms with Crippen LogP contribution in [-0.2, 0) is 0 Å². The van der Waals surface area contributed by atoms with Crippen molar-refractivity contribution in [2.75, 3.05) is 0 Å². The predicted molar refractivity (Wildman–Crippen MR) is 106 cm³/mol. The molecule has 0 N–H and O–H groups in total. The summed E-state index contributed by atoms with van der Waals surface area (Å²) in [7, 11) is 0. The van der Waals surface area contributed by atoms with Gasteiger partial charge in [-0.1, -0.05) is 0 Å². The van der Waals surface area contributed by atoms with Crippen LogP contribution < -0.4 is 4.35 Å². The Bertz CT molecular complexity index is 949. The Morgan fingerprint density at radius 2 is 1.33 bits per heavy atom. The molecule has 0 saturated heterocycles. The third-order valence-corrected chi connectivity index (χ3v) is 7.66. The Kier molecular flexibility index (Phi) is 4.44. The van der Waals surface area contributed by atoms with E-state index in [0.29, 0.717) is 0 Å². The van der Waals surface area contributed by atoms with Crippen LogP contribution in [0.5, 0.6) is 0 Å². The minimum atomic E-state index is 0. The Morgan fingerprint density at radius 3 is 2.10 bits per heavy atom. The second-order valence-corrected chi connectivity index (χ2v) is 8.82. The summed E-state index contributed by atoms with van der Waals surface area (Å²) in [5.74, 6) is 0.